The molecule has 0 bridgehead atoms. The maximum atomic E-state index is 12.4. The zero-order valence-electron chi connectivity index (χ0n) is 12.2. The molecule has 2 fully saturated rings. The van der Waals surface area contributed by atoms with E-state index in [0.717, 1.165) is 13.1 Å². The molecule has 0 atom stereocenters. The van der Waals surface area contributed by atoms with Gasteiger partial charge in [-0.3, -0.25) is 9.69 Å². The van der Waals surface area contributed by atoms with E-state index in [1.807, 2.05) is 0 Å². The summed E-state index contributed by atoms with van der Waals surface area (Å²) < 4.78 is 0. The van der Waals surface area contributed by atoms with Crippen LogP contribution in [0.25, 0.3) is 0 Å². The summed E-state index contributed by atoms with van der Waals surface area (Å²) in [7, 11) is 0. The lowest BCUT2D eigenvalue weighted by Gasteiger charge is -2.38. The summed E-state index contributed by atoms with van der Waals surface area (Å²) in [6, 6.07) is 5.21. The molecular weight excluding hydrogens is 268 g/mol. The molecule has 1 aromatic carbocycles. The summed E-state index contributed by atoms with van der Waals surface area (Å²) in [4.78, 5) is 16.7. The minimum Gasteiger partial charge on any atom is -0.504 e. The number of aromatic hydroxyl groups is 2. The molecule has 1 heterocycles. The molecule has 2 N–H and O–H groups in total. The first kappa shape index (κ1) is 14.2. The molecule has 1 aromatic rings. The highest BCUT2D eigenvalue weighted by Crippen LogP contribution is 2.30. The summed E-state index contributed by atoms with van der Waals surface area (Å²) in [6.45, 7) is 3.17. The van der Waals surface area contributed by atoms with Gasteiger partial charge in [0.15, 0.2) is 11.5 Å². The Morgan fingerprint density at radius 1 is 1.05 bits per heavy atom. The number of rotatable bonds is 2. The first-order valence-electron chi connectivity index (χ1n) is 7.71. The number of piperazine rings is 1. The molecule has 0 radical (unpaired) electrons. The fourth-order valence-electron chi connectivity index (χ4n) is 3.43. The Hall–Kier alpha value is -1.75. The van der Waals surface area contributed by atoms with Gasteiger partial charge in [0.1, 0.15) is 0 Å². The minimum atomic E-state index is -0.319. The van der Waals surface area contributed by atoms with Crippen LogP contribution in [0.2, 0.25) is 0 Å². The standard InChI is InChI=1S/C16H22N2O3/c19-14-7-3-6-13(15(14)20)16(21)18-10-8-17(9-11-18)12-4-1-2-5-12/h3,6-7,12,19-20H,1-2,4-5,8-11H2. The van der Waals surface area contributed by atoms with E-state index < -0.39 is 0 Å². The van der Waals surface area contributed by atoms with E-state index in [1.54, 1.807) is 17.0 Å². The second kappa shape index (κ2) is 5.93. The second-order valence-corrected chi connectivity index (χ2v) is 5.94. The molecule has 21 heavy (non-hydrogen) atoms. The number of amides is 1. The van der Waals surface area contributed by atoms with Gasteiger partial charge in [-0.15, -0.1) is 0 Å². The molecule has 2 aliphatic rings. The van der Waals surface area contributed by atoms with Crippen LogP contribution in [0.1, 0.15) is 36.0 Å². The highest BCUT2D eigenvalue weighted by molar-refractivity contribution is 5.97. The number of hydrogen-bond acceptors (Lipinski definition) is 4. The van der Waals surface area contributed by atoms with Crippen LogP contribution >= 0.6 is 0 Å². The molecule has 1 aliphatic carbocycles. The fourth-order valence-corrected chi connectivity index (χ4v) is 3.43. The van der Waals surface area contributed by atoms with Crippen LogP contribution in [0, 0.1) is 0 Å². The summed E-state index contributed by atoms with van der Waals surface area (Å²) in [5.74, 6) is -0.763. The van der Waals surface area contributed by atoms with E-state index >= 15 is 0 Å². The molecule has 1 aliphatic heterocycles. The van der Waals surface area contributed by atoms with Gasteiger partial charge in [0.25, 0.3) is 5.91 Å². The Kier molecular flexibility index (Phi) is 4.01. The van der Waals surface area contributed by atoms with Gasteiger partial charge in [-0.1, -0.05) is 18.9 Å². The van der Waals surface area contributed by atoms with E-state index in [9.17, 15) is 15.0 Å². The number of carbonyl (C=O) groups excluding carboxylic acids is 1. The SMILES string of the molecule is O=C(c1cccc(O)c1O)N1CCN(C2CCCC2)CC1. The van der Waals surface area contributed by atoms with Crippen LogP contribution in [-0.4, -0.2) is 58.1 Å². The van der Waals surface area contributed by atoms with Crippen molar-refractivity contribution >= 4 is 5.91 Å². The number of phenolic OH excluding ortho intramolecular Hbond substituents is 2. The highest BCUT2D eigenvalue weighted by Gasteiger charge is 2.29. The first-order chi connectivity index (χ1) is 10.2. The van der Waals surface area contributed by atoms with Gasteiger partial charge in [-0.2, -0.15) is 0 Å². The fraction of sp³-hybridized carbons (Fsp3) is 0.562. The molecule has 0 unspecified atom stereocenters. The Morgan fingerprint density at radius 3 is 2.38 bits per heavy atom. The van der Waals surface area contributed by atoms with E-state index in [2.05, 4.69) is 4.90 Å². The van der Waals surface area contributed by atoms with Crippen LogP contribution in [0.5, 0.6) is 11.5 Å². The minimum absolute atomic E-state index is 0.185. The number of nitrogens with zero attached hydrogens (tertiary/aromatic N) is 2. The normalized spacial score (nSPS) is 20.9. The Bertz CT molecular complexity index is 518. The van der Waals surface area contributed by atoms with E-state index in [4.69, 9.17) is 0 Å². The third-order valence-corrected chi connectivity index (χ3v) is 4.69. The summed E-state index contributed by atoms with van der Waals surface area (Å²) in [6.07, 6.45) is 5.20. The summed E-state index contributed by atoms with van der Waals surface area (Å²) in [5, 5.41) is 19.3. The predicted octanol–water partition coefficient (Wildman–Crippen LogP) is 1.80. The Balaban J connectivity index is 1.63. The van der Waals surface area contributed by atoms with Crippen molar-refractivity contribution in [2.24, 2.45) is 0 Å². The highest BCUT2D eigenvalue weighted by atomic mass is 16.3. The summed E-state index contributed by atoms with van der Waals surface area (Å²) in [5.41, 5.74) is 0.185. The van der Waals surface area contributed by atoms with Crippen molar-refractivity contribution in [3.63, 3.8) is 0 Å². The molecule has 5 heteroatoms. The first-order valence-corrected chi connectivity index (χ1v) is 7.71. The van der Waals surface area contributed by atoms with Gasteiger partial charge in [-0.05, 0) is 25.0 Å². The van der Waals surface area contributed by atoms with Crippen LogP contribution in [0.4, 0.5) is 0 Å². The van der Waals surface area contributed by atoms with Crippen molar-refractivity contribution in [3.05, 3.63) is 23.8 Å². The third kappa shape index (κ3) is 2.83. The van der Waals surface area contributed by atoms with E-state index in [-0.39, 0.29) is 23.0 Å². The van der Waals surface area contributed by atoms with Crippen LogP contribution in [0.3, 0.4) is 0 Å². The molecule has 3 rings (SSSR count). The molecular formula is C16H22N2O3. The van der Waals surface area contributed by atoms with Gasteiger partial charge in [-0.25, -0.2) is 0 Å². The lowest BCUT2D eigenvalue weighted by molar-refractivity contribution is 0.0570. The molecule has 1 amide bonds. The summed E-state index contributed by atoms with van der Waals surface area (Å²) >= 11 is 0. The zero-order valence-corrected chi connectivity index (χ0v) is 12.2. The van der Waals surface area contributed by atoms with E-state index in [0.29, 0.717) is 19.1 Å². The van der Waals surface area contributed by atoms with Gasteiger partial charge in [0, 0.05) is 32.2 Å². The molecule has 5 nitrogen and oxygen atoms in total. The number of para-hydroxylation sites is 1. The third-order valence-electron chi connectivity index (χ3n) is 4.69. The molecule has 1 saturated heterocycles. The van der Waals surface area contributed by atoms with Crippen LogP contribution < -0.4 is 0 Å². The van der Waals surface area contributed by atoms with Gasteiger partial charge in [0.05, 0.1) is 5.56 Å². The van der Waals surface area contributed by atoms with E-state index in [1.165, 1.54) is 31.7 Å². The molecule has 1 saturated carbocycles. The number of benzene rings is 1. The zero-order chi connectivity index (χ0) is 14.8. The molecule has 0 aromatic heterocycles. The monoisotopic (exact) mass is 290 g/mol. The largest absolute Gasteiger partial charge is 0.504 e. The van der Waals surface area contributed by atoms with Crippen molar-refractivity contribution in [2.45, 2.75) is 31.7 Å². The topological polar surface area (TPSA) is 64.0 Å². The lowest BCUT2D eigenvalue weighted by atomic mass is 10.1. The maximum Gasteiger partial charge on any atom is 0.257 e. The van der Waals surface area contributed by atoms with Crippen molar-refractivity contribution in [2.75, 3.05) is 26.2 Å². The Morgan fingerprint density at radius 2 is 1.71 bits per heavy atom. The average Bonchev–Trinajstić information content (AvgIpc) is 3.04. The van der Waals surface area contributed by atoms with Gasteiger partial charge >= 0.3 is 0 Å². The number of hydrogen-bond donors (Lipinski definition) is 2. The van der Waals surface area contributed by atoms with Crippen LogP contribution in [-0.2, 0) is 0 Å². The number of phenols is 2. The quantitative estimate of drug-likeness (QED) is 0.815. The smallest absolute Gasteiger partial charge is 0.257 e. The lowest BCUT2D eigenvalue weighted by Crippen LogP contribution is -2.51. The van der Waals surface area contributed by atoms with Crippen molar-refractivity contribution in [3.8, 4) is 11.5 Å². The van der Waals surface area contributed by atoms with Gasteiger partial charge in [0.2, 0.25) is 0 Å². The second-order valence-electron chi connectivity index (χ2n) is 5.94. The van der Waals surface area contributed by atoms with Crippen molar-refractivity contribution in [1.82, 2.24) is 9.80 Å². The van der Waals surface area contributed by atoms with Crippen LogP contribution in [0.15, 0.2) is 18.2 Å². The Labute approximate surface area is 124 Å². The van der Waals surface area contributed by atoms with Gasteiger partial charge < -0.3 is 15.1 Å². The number of carbonyl (C=O) groups is 1. The molecule has 114 valence electrons. The molecule has 0 spiro atoms. The maximum absolute atomic E-state index is 12.4. The predicted molar refractivity (Wildman–Crippen MR) is 79.5 cm³/mol. The van der Waals surface area contributed by atoms with Crippen molar-refractivity contribution in [1.29, 1.82) is 0 Å². The average molecular weight is 290 g/mol. The van der Waals surface area contributed by atoms with Crippen molar-refractivity contribution < 1.29 is 15.0 Å².